The zero-order chi connectivity index (χ0) is 11.5. The summed E-state index contributed by atoms with van der Waals surface area (Å²) in [6, 6.07) is 2.41. The first-order valence-corrected chi connectivity index (χ1v) is 6.06. The lowest BCUT2D eigenvalue weighted by Crippen LogP contribution is -2.37. The summed E-state index contributed by atoms with van der Waals surface area (Å²) in [4.78, 5) is 10.5. The van der Waals surface area contributed by atoms with Crippen LogP contribution < -0.4 is 5.73 Å². The molecular formula is C11H17ClN4. The lowest BCUT2D eigenvalue weighted by molar-refractivity contribution is 0.151. The number of nitrogens with two attached hydrogens (primary N) is 1. The van der Waals surface area contributed by atoms with E-state index >= 15 is 0 Å². The molecular weight excluding hydrogens is 224 g/mol. The summed E-state index contributed by atoms with van der Waals surface area (Å²) in [5.41, 5.74) is 6.48. The molecule has 0 unspecified atom stereocenters. The van der Waals surface area contributed by atoms with Gasteiger partial charge in [0.1, 0.15) is 5.15 Å². The third-order valence-electron chi connectivity index (χ3n) is 3.07. The van der Waals surface area contributed by atoms with Crippen LogP contribution in [0, 0.1) is 0 Å². The highest BCUT2D eigenvalue weighted by Gasteiger charge is 2.18. The van der Waals surface area contributed by atoms with Gasteiger partial charge in [-0.1, -0.05) is 18.0 Å². The molecule has 0 radical (unpaired) electrons. The molecule has 1 saturated heterocycles. The molecule has 88 valence electrons. The summed E-state index contributed by atoms with van der Waals surface area (Å²) in [6.07, 6.45) is 3.84. The third-order valence-corrected chi connectivity index (χ3v) is 3.26. The number of hydrogen-bond donors (Lipinski definition) is 1. The molecule has 0 saturated carbocycles. The van der Waals surface area contributed by atoms with Crippen molar-refractivity contribution in [3.8, 4) is 0 Å². The number of nitrogens with zero attached hydrogens (tertiary/aromatic N) is 3. The first-order chi connectivity index (χ1) is 7.65. The Balaban J connectivity index is 2.07. The van der Waals surface area contributed by atoms with Gasteiger partial charge in [0.25, 0.3) is 0 Å². The minimum Gasteiger partial charge on any atom is -0.368 e. The number of halogens is 1. The van der Waals surface area contributed by atoms with Crippen molar-refractivity contribution in [2.75, 3.05) is 12.3 Å². The van der Waals surface area contributed by atoms with Gasteiger partial charge in [-0.3, -0.25) is 4.90 Å². The normalized spacial score (nSPS) is 22.2. The maximum atomic E-state index is 5.85. The molecule has 5 heteroatoms. The van der Waals surface area contributed by atoms with Crippen LogP contribution in [0.4, 0.5) is 5.95 Å². The lowest BCUT2D eigenvalue weighted by Gasteiger charge is -2.32. The van der Waals surface area contributed by atoms with Gasteiger partial charge in [-0.2, -0.15) is 0 Å². The Kier molecular flexibility index (Phi) is 3.61. The highest BCUT2D eigenvalue weighted by Crippen LogP contribution is 2.19. The Hall–Kier alpha value is -0.870. The summed E-state index contributed by atoms with van der Waals surface area (Å²) >= 11 is 5.85. The van der Waals surface area contributed by atoms with Crippen molar-refractivity contribution in [1.82, 2.24) is 14.9 Å². The van der Waals surface area contributed by atoms with Crippen LogP contribution in [0.5, 0.6) is 0 Å². The molecule has 1 aromatic heterocycles. The lowest BCUT2D eigenvalue weighted by atomic mass is 10.0. The zero-order valence-corrected chi connectivity index (χ0v) is 10.2. The third kappa shape index (κ3) is 2.83. The number of anilines is 1. The van der Waals surface area contributed by atoms with Gasteiger partial charge in [0.2, 0.25) is 5.95 Å². The van der Waals surface area contributed by atoms with E-state index in [1.807, 2.05) is 0 Å². The van der Waals surface area contributed by atoms with Crippen LogP contribution >= 0.6 is 11.6 Å². The van der Waals surface area contributed by atoms with E-state index < -0.39 is 0 Å². The van der Waals surface area contributed by atoms with E-state index in [2.05, 4.69) is 21.8 Å². The zero-order valence-electron chi connectivity index (χ0n) is 9.49. The highest BCUT2D eigenvalue weighted by molar-refractivity contribution is 6.29. The Bertz CT molecular complexity index is 349. The van der Waals surface area contributed by atoms with Gasteiger partial charge in [-0.05, 0) is 32.4 Å². The predicted molar refractivity (Wildman–Crippen MR) is 65.2 cm³/mol. The first kappa shape index (κ1) is 11.6. The molecule has 2 rings (SSSR count). The van der Waals surface area contributed by atoms with Crippen LogP contribution in [0.15, 0.2) is 6.07 Å². The van der Waals surface area contributed by atoms with E-state index in [1.165, 1.54) is 19.3 Å². The topological polar surface area (TPSA) is 55.0 Å². The molecule has 1 aromatic rings. The Morgan fingerprint density at radius 2 is 2.31 bits per heavy atom. The first-order valence-electron chi connectivity index (χ1n) is 5.68. The molecule has 0 bridgehead atoms. The van der Waals surface area contributed by atoms with E-state index in [4.69, 9.17) is 17.3 Å². The molecule has 2 N–H and O–H groups in total. The van der Waals surface area contributed by atoms with Gasteiger partial charge in [-0.25, -0.2) is 9.97 Å². The number of aromatic nitrogens is 2. The fraction of sp³-hybridized carbons (Fsp3) is 0.636. The van der Waals surface area contributed by atoms with Crippen molar-refractivity contribution in [2.24, 2.45) is 0 Å². The molecule has 1 atom stereocenters. The van der Waals surface area contributed by atoms with Crippen molar-refractivity contribution in [3.63, 3.8) is 0 Å². The van der Waals surface area contributed by atoms with Crippen molar-refractivity contribution in [3.05, 3.63) is 16.9 Å². The molecule has 1 fully saturated rings. The van der Waals surface area contributed by atoms with Crippen molar-refractivity contribution < 1.29 is 0 Å². The summed E-state index contributed by atoms with van der Waals surface area (Å²) in [5, 5.41) is 0.423. The van der Waals surface area contributed by atoms with Crippen molar-refractivity contribution in [1.29, 1.82) is 0 Å². The molecule has 0 aliphatic carbocycles. The summed E-state index contributed by atoms with van der Waals surface area (Å²) < 4.78 is 0. The number of rotatable bonds is 2. The van der Waals surface area contributed by atoms with Gasteiger partial charge in [0.15, 0.2) is 0 Å². The Morgan fingerprint density at radius 3 is 3.00 bits per heavy atom. The van der Waals surface area contributed by atoms with E-state index in [0.717, 1.165) is 18.8 Å². The van der Waals surface area contributed by atoms with Gasteiger partial charge >= 0.3 is 0 Å². The SMILES string of the molecule is C[C@H]1CCCCN1Cc1cc(Cl)nc(N)n1. The quantitative estimate of drug-likeness (QED) is 0.805. The van der Waals surface area contributed by atoms with Crippen LogP contribution in [0.25, 0.3) is 0 Å². The van der Waals surface area contributed by atoms with E-state index in [0.29, 0.717) is 11.2 Å². The predicted octanol–water partition coefficient (Wildman–Crippen LogP) is 2.09. The molecule has 16 heavy (non-hydrogen) atoms. The Morgan fingerprint density at radius 1 is 1.50 bits per heavy atom. The van der Waals surface area contributed by atoms with Crippen molar-refractivity contribution in [2.45, 2.75) is 38.8 Å². The molecule has 0 aromatic carbocycles. The average molecular weight is 241 g/mol. The molecule has 4 nitrogen and oxygen atoms in total. The second-order valence-corrected chi connectivity index (χ2v) is 4.74. The van der Waals surface area contributed by atoms with Crippen LogP contribution in [-0.2, 0) is 6.54 Å². The number of hydrogen-bond acceptors (Lipinski definition) is 4. The van der Waals surface area contributed by atoms with Crippen LogP contribution in [0.2, 0.25) is 5.15 Å². The standard InChI is InChI=1S/C11H17ClN4/c1-8-4-2-3-5-16(8)7-9-6-10(12)15-11(13)14-9/h6,8H,2-5,7H2,1H3,(H2,13,14,15)/t8-/m0/s1. The van der Waals surface area contributed by atoms with Gasteiger partial charge in [0, 0.05) is 12.6 Å². The number of piperidine rings is 1. The van der Waals surface area contributed by atoms with Gasteiger partial charge in [-0.15, -0.1) is 0 Å². The van der Waals surface area contributed by atoms with Crippen LogP contribution in [0.3, 0.4) is 0 Å². The monoisotopic (exact) mass is 240 g/mol. The fourth-order valence-electron chi connectivity index (χ4n) is 2.17. The van der Waals surface area contributed by atoms with E-state index in [9.17, 15) is 0 Å². The Labute approximate surface area is 101 Å². The maximum absolute atomic E-state index is 5.85. The summed E-state index contributed by atoms with van der Waals surface area (Å²) in [7, 11) is 0. The minimum absolute atomic E-state index is 0.257. The summed E-state index contributed by atoms with van der Waals surface area (Å²) in [6.45, 7) is 4.20. The molecule has 1 aliphatic heterocycles. The second kappa shape index (κ2) is 4.97. The van der Waals surface area contributed by atoms with E-state index in [1.54, 1.807) is 6.07 Å². The minimum atomic E-state index is 0.257. The largest absolute Gasteiger partial charge is 0.368 e. The smallest absolute Gasteiger partial charge is 0.221 e. The van der Waals surface area contributed by atoms with Gasteiger partial charge < -0.3 is 5.73 Å². The second-order valence-electron chi connectivity index (χ2n) is 4.36. The van der Waals surface area contributed by atoms with E-state index in [-0.39, 0.29) is 5.95 Å². The molecule has 0 amide bonds. The van der Waals surface area contributed by atoms with Crippen molar-refractivity contribution >= 4 is 17.5 Å². The fourth-order valence-corrected chi connectivity index (χ4v) is 2.38. The van der Waals surface area contributed by atoms with Crippen LogP contribution in [0.1, 0.15) is 31.9 Å². The number of likely N-dealkylation sites (tertiary alicyclic amines) is 1. The molecule has 1 aliphatic rings. The van der Waals surface area contributed by atoms with Crippen LogP contribution in [-0.4, -0.2) is 27.5 Å². The highest BCUT2D eigenvalue weighted by atomic mass is 35.5. The van der Waals surface area contributed by atoms with Gasteiger partial charge in [0.05, 0.1) is 5.69 Å². The maximum Gasteiger partial charge on any atom is 0.221 e. The summed E-state index contributed by atoms with van der Waals surface area (Å²) in [5.74, 6) is 0.257. The molecule has 0 spiro atoms. The molecule has 2 heterocycles. The average Bonchev–Trinajstić information content (AvgIpc) is 2.20. The number of nitrogen functional groups attached to an aromatic ring is 1.